The highest BCUT2D eigenvalue weighted by Gasteiger charge is 2.09. The van der Waals surface area contributed by atoms with E-state index in [1.807, 2.05) is 38.4 Å². The van der Waals surface area contributed by atoms with Crippen LogP contribution in [0.5, 0.6) is 5.75 Å². The molecule has 1 aliphatic heterocycles. The molecule has 0 spiro atoms. The molecule has 1 aliphatic rings. The Hall–Kier alpha value is -2.16. The predicted octanol–water partition coefficient (Wildman–Crippen LogP) is 4.43. The SMILES string of the molecule is CC(C)Oc1ccc(Cc2cncc(C3=NCCCC3)c2)cc1. The molecule has 0 amide bonds. The number of nitrogens with zero attached hydrogens (tertiary/aromatic N) is 2. The number of benzene rings is 1. The lowest BCUT2D eigenvalue weighted by atomic mass is 10.00. The van der Waals surface area contributed by atoms with Crippen molar-refractivity contribution < 1.29 is 4.74 Å². The minimum absolute atomic E-state index is 0.206. The molecule has 0 N–H and O–H groups in total. The molecule has 2 heterocycles. The van der Waals surface area contributed by atoms with Gasteiger partial charge in [0.05, 0.1) is 6.10 Å². The van der Waals surface area contributed by atoms with Gasteiger partial charge in [0.25, 0.3) is 0 Å². The number of hydrogen-bond donors (Lipinski definition) is 0. The Morgan fingerprint density at radius 3 is 2.57 bits per heavy atom. The lowest BCUT2D eigenvalue weighted by Gasteiger charge is -2.13. The summed E-state index contributed by atoms with van der Waals surface area (Å²) in [6.07, 6.45) is 8.50. The van der Waals surface area contributed by atoms with Crippen molar-refractivity contribution >= 4 is 5.71 Å². The first-order valence-electron chi connectivity index (χ1n) is 8.44. The van der Waals surface area contributed by atoms with E-state index < -0.39 is 0 Å². The Labute approximate surface area is 138 Å². The van der Waals surface area contributed by atoms with Gasteiger partial charge in [0.1, 0.15) is 5.75 Å². The van der Waals surface area contributed by atoms with Crippen LogP contribution >= 0.6 is 0 Å². The summed E-state index contributed by atoms with van der Waals surface area (Å²) in [7, 11) is 0. The van der Waals surface area contributed by atoms with Crippen LogP contribution in [-0.4, -0.2) is 23.3 Å². The molecule has 3 nitrogen and oxygen atoms in total. The maximum absolute atomic E-state index is 5.69. The third-order valence-electron chi connectivity index (χ3n) is 3.96. The van der Waals surface area contributed by atoms with Gasteiger partial charge in [0.2, 0.25) is 0 Å². The van der Waals surface area contributed by atoms with Gasteiger partial charge in [-0.25, -0.2) is 0 Å². The molecule has 0 radical (unpaired) electrons. The van der Waals surface area contributed by atoms with Gasteiger partial charge in [-0.1, -0.05) is 12.1 Å². The van der Waals surface area contributed by atoms with E-state index in [9.17, 15) is 0 Å². The third-order valence-corrected chi connectivity index (χ3v) is 3.96. The fraction of sp³-hybridized carbons (Fsp3) is 0.400. The van der Waals surface area contributed by atoms with Crippen molar-refractivity contribution in [1.29, 1.82) is 0 Å². The highest BCUT2D eigenvalue weighted by atomic mass is 16.5. The van der Waals surface area contributed by atoms with Gasteiger partial charge in [0.15, 0.2) is 0 Å². The number of hydrogen-bond acceptors (Lipinski definition) is 3. The molecule has 0 bridgehead atoms. The molecule has 23 heavy (non-hydrogen) atoms. The summed E-state index contributed by atoms with van der Waals surface area (Å²) in [5.74, 6) is 0.923. The van der Waals surface area contributed by atoms with Crippen LogP contribution in [0.2, 0.25) is 0 Å². The molecule has 1 aromatic carbocycles. The van der Waals surface area contributed by atoms with Crippen LogP contribution in [0.15, 0.2) is 47.7 Å². The zero-order valence-corrected chi connectivity index (χ0v) is 14.0. The summed E-state index contributed by atoms with van der Waals surface area (Å²) >= 11 is 0. The molecule has 0 atom stereocenters. The average Bonchev–Trinajstić information content (AvgIpc) is 2.57. The number of aliphatic imine (C=N–C) groups is 1. The quantitative estimate of drug-likeness (QED) is 0.818. The molecule has 2 aromatic rings. The van der Waals surface area contributed by atoms with Crippen molar-refractivity contribution in [3.63, 3.8) is 0 Å². The smallest absolute Gasteiger partial charge is 0.119 e. The average molecular weight is 308 g/mol. The van der Waals surface area contributed by atoms with Crippen LogP contribution in [0.4, 0.5) is 0 Å². The van der Waals surface area contributed by atoms with Crippen LogP contribution in [0, 0.1) is 0 Å². The van der Waals surface area contributed by atoms with Gasteiger partial charge in [-0.3, -0.25) is 9.98 Å². The van der Waals surface area contributed by atoms with Gasteiger partial charge in [0, 0.05) is 30.2 Å². The highest BCUT2D eigenvalue weighted by molar-refractivity contribution is 6.00. The molecular formula is C20H24N2O. The summed E-state index contributed by atoms with van der Waals surface area (Å²) in [6.45, 7) is 5.04. The standard InChI is InChI=1S/C20H24N2O/c1-15(2)23-19-8-6-16(7-9-19)11-17-12-18(14-21-13-17)20-5-3-4-10-22-20/h6-9,12-15H,3-5,10-11H2,1-2H3. The third kappa shape index (κ3) is 4.41. The van der Waals surface area contributed by atoms with Gasteiger partial charge in [-0.2, -0.15) is 0 Å². The first-order chi connectivity index (χ1) is 11.2. The second-order valence-corrected chi connectivity index (χ2v) is 6.35. The molecule has 0 saturated carbocycles. The highest BCUT2D eigenvalue weighted by Crippen LogP contribution is 2.18. The van der Waals surface area contributed by atoms with E-state index in [4.69, 9.17) is 4.74 Å². The Kier molecular flexibility index (Phi) is 5.06. The molecule has 120 valence electrons. The molecule has 0 unspecified atom stereocenters. The predicted molar refractivity (Wildman–Crippen MR) is 94.5 cm³/mol. The molecule has 0 aliphatic carbocycles. The summed E-state index contributed by atoms with van der Waals surface area (Å²) < 4.78 is 5.69. The Morgan fingerprint density at radius 2 is 1.87 bits per heavy atom. The molecule has 0 saturated heterocycles. The lowest BCUT2D eigenvalue weighted by Crippen LogP contribution is -2.08. The minimum atomic E-state index is 0.206. The van der Waals surface area contributed by atoms with E-state index in [-0.39, 0.29) is 6.10 Å². The van der Waals surface area contributed by atoms with Gasteiger partial charge in [-0.15, -0.1) is 0 Å². The van der Waals surface area contributed by atoms with Crippen LogP contribution < -0.4 is 4.74 Å². The van der Waals surface area contributed by atoms with Crippen molar-refractivity contribution in [3.05, 3.63) is 59.4 Å². The van der Waals surface area contributed by atoms with E-state index >= 15 is 0 Å². The van der Waals surface area contributed by atoms with Crippen LogP contribution in [0.25, 0.3) is 0 Å². The second kappa shape index (κ2) is 7.40. The van der Waals surface area contributed by atoms with Crippen molar-refractivity contribution in [2.24, 2.45) is 4.99 Å². The van der Waals surface area contributed by atoms with Gasteiger partial charge in [-0.05, 0) is 68.9 Å². The normalized spacial score (nSPS) is 14.7. The number of ether oxygens (including phenoxy) is 1. The fourth-order valence-corrected chi connectivity index (χ4v) is 2.87. The minimum Gasteiger partial charge on any atom is -0.491 e. The number of aromatic nitrogens is 1. The van der Waals surface area contributed by atoms with Crippen LogP contribution in [0.1, 0.15) is 49.8 Å². The fourth-order valence-electron chi connectivity index (χ4n) is 2.87. The number of rotatable bonds is 5. The molecule has 0 fully saturated rings. The van der Waals surface area contributed by atoms with Crippen molar-refractivity contribution in [2.45, 2.75) is 45.6 Å². The Morgan fingerprint density at radius 1 is 1.04 bits per heavy atom. The Bertz CT molecular complexity index is 674. The van der Waals surface area contributed by atoms with Crippen molar-refractivity contribution in [3.8, 4) is 5.75 Å². The van der Waals surface area contributed by atoms with Gasteiger partial charge >= 0.3 is 0 Å². The summed E-state index contributed by atoms with van der Waals surface area (Å²) in [5.41, 5.74) is 4.90. The largest absolute Gasteiger partial charge is 0.491 e. The maximum Gasteiger partial charge on any atom is 0.119 e. The van der Waals surface area contributed by atoms with Crippen molar-refractivity contribution in [1.82, 2.24) is 4.98 Å². The van der Waals surface area contributed by atoms with E-state index in [1.54, 1.807) is 0 Å². The summed E-state index contributed by atoms with van der Waals surface area (Å²) in [5, 5.41) is 0. The van der Waals surface area contributed by atoms with E-state index in [0.717, 1.165) is 25.1 Å². The molecular weight excluding hydrogens is 284 g/mol. The summed E-state index contributed by atoms with van der Waals surface area (Å²) in [6, 6.07) is 10.6. The lowest BCUT2D eigenvalue weighted by molar-refractivity contribution is 0.242. The second-order valence-electron chi connectivity index (χ2n) is 6.35. The van der Waals surface area contributed by atoms with Crippen molar-refractivity contribution in [2.75, 3.05) is 6.54 Å². The topological polar surface area (TPSA) is 34.5 Å². The van der Waals surface area contributed by atoms with Crippen LogP contribution in [0.3, 0.4) is 0 Å². The van der Waals surface area contributed by atoms with E-state index in [2.05, 4.69) is 28.2 Å². The maximum atomic E-state index is 5.69. The first-order valence-corrected chi connectivity index (χ1v) is 8.44. The monoisotopic (exact) mass is 308 g/mol. The van der Waals surface area contributed by atoms with E-state index in [0.29, 0.717) is 0 Å². The molecule has 1 aromatic heterocycles. The molecule has 3 heteroatoms. The first kappa shape index (κ1) is 15.7. The Balaban J connectivity index is 1.71. The zero-order chi connectivity index (χ0) is 16.1. The van der Waals surface area contributed by atoms with E-state index in [1.165, 1.54) is 35.2 Å². The number of pyridine rings is 1. The zero-order valence-electron chi connectivity index (χ0n) is 14.0. The summed E-state index contributed by atoms with van der Waals surface area (Å²) in [4.78, 5) is 9.05. The van der Waals surface area contributed by atoms with Crippen LogP contribution in [-0.2, 0) is 6.42 Å². The van der Waals surface area contributed by atoms with Gasteiger partial charge < -0.3 is 4.74 Å². The molecule has 3 rings (SSSR count).